The van der Waals surface area contributed by atoms with Crippen LogP contribution in [0.1, 0.15) is 29.0 Å². The minimum atomic E-state index is -0.235. The molecule has 2 aromatic rings. The predicted molar refractivity (Wildman–Crippen MR) is 100 cm³/mol. The molecule has 1 spiro atoms. The number of benzene rings is 1. The zero-order chi connectivity index (χ0) is 18.9. The number of ether oxygens (including phenoxy) is 1. The Morgan fingerprint density at radius 3 is 2.96 bits per heavy atom. The molecule has 7 heteroatoms. The molecule has 1 aromatic carbocycles. The van der Waals surface area contributed by atoms with Gasteiger partial charge in [-0.25, -0.2) is 4.39 Å². The molecule has 1 aromatic heterocycles. The lowest BCUT2D eigenvalue weighted by Crippen LogP contribution is -2.52. The van der Waals surface area contributed by atoms with Crippen molar-refractivity contribution in [1.82, 2.24) is 15.1 Å². The van der Waals surface area contributed by atoms with Gasteiger partial charge in [-0.05, 0) is 44.0 Å². The van der Waals surface area contributed by atoms with Crippen LogP contribution in [0.15, 0.2) is 30.3 Å². The number of aromatic nitrogens is 2. The van der Waals surface area contributed by atoms with Crippen molar-refractivity contribution in [3.05, 3.63) is 47.5 Å². The third-order valence-corrected chi connectivity index (χ3v) is 5.49. The zero-order valence-corrected chi connectivity index (χ0v) is 15.6. The molecule has 0 radical (unpaired) electrons. The number of piperidine rings is 1. The summed E-state index contributed by atoms with van der Waals surface area (Å²) in [7, 11) is 0. The van der Waals surface area contributed by atoms with Gasteiger partial charge in [0, 0.05) is 43.0 Å². The first kappa shape index (κ1) is 18.0. The van der Waals surface area contributed by atoms with Crippen molar-refractivity contribution in [1.29, 1.82) is 0 Å². The van der Waals surface area contributed by atoms with E-state index >= 15 is 0 Å². The van der Waals surface area contributed by atoms with Crippen molar-refractivity contribution in [2.45, 2.75) is 19.8 Å². The molecule has 0 saturated carbocycles. The van der Waals surface area contributed by atoms with Crippen LogP contribution < -0.4 is 4.90 Å². The molecule has 27 heavy (non-hydrogen) atoms. The molecule has 0 bridgehead atoms. The van der Waals surface area contributed by atoms with Crippen molar-refractivity contribution in [2.75, 3.05) is 44.3 Å². The molecular weight excluding hydrogens is 347 g/mol. The van der Waals surface area contributed by atoms with Gasteiger partial charge in [-0.2, -0.15) is 5.10 Å². The molecule has 144 valence electrons. The molecule has 6 nitrogen and oxygen atoms in total. The highest BCUT2D eigenvalue weighted by Gasteiger charge is 2.40. The summed E-state index contributed by atoms with van der Waals surface area (Å²) >= 11 is 0. The quantitative estimate of drug-likeness (QED) is 0.880. The van der Waals surface area contributed by atoms with Gasteiger partial charge < -0.3 is 14.5 Å². The highest BCUT2D eigenvalue weighted by Crippen LogP contribution is 2.35. The van der Waals surface area contributed by atoms with Crippen molar-refractivity contribution in [3.8, 4) is 0 Å². The van der Waals surface area contributed by atoms with E-state index in [0.29, 0.717) is 25.5 Å². The van der Waals surface area contributed by atoms with Crippen LogP contribution in [0.25, 0.3) is 0 Å². The van der Waals surface area contributed by atoms with E-state index in [1.165, 1.54) is 6.07 Å². The van der Waals surface area contributed by atoms with Crippen LogP contribution in [0.5, 0.6) is 0 Å². The average molecular weight is 372 g/mol. The van der Waals surface area contributed by atoms with E-state index in [0.717, 1.165) is 43.9 Å². The van der Waals surface area contributed by atoms with Crippen LogP contribution in [-0.4, -0.2) is 60.4 Å². The largest absolute Gasteiger partial charge is 0.379 e. The molecule has 1 N–H and O–H groups in total. The maximum absolute atomic E-state index is 13.7. The van der Waals surface area contributed by atoms with Gasteiger partial charge in [0.2, 0.25) is 0 Å². The summed E-state index contributed by atoms with van der Waals surface area (Å²) in [5.74, 6) is -0.277. The van der Waals surface area contributed by atoms with Crippen molar-refractivity contribution >= 4 is 11.6 Å². The minimum absolute atomic E-state index is 0.0417. The van der Waals surface area contributed by atoms with Gasteiger partial charge in [-0.1, -0.05) is 6.07 Å². The molecule has 1 atom stereocenters. The third kappa shape index (κ3) is 3.83. The Morgan fingerprint density at radius 1 is 1.30 bits per heavy atom. The monoisotopic (exact) mass is 372 g/mol. The molecule has 2 aliphatic rings. The Hall–Kier alpha value is -2.41. The Bertz CT molecular complexity index is 824. The first-order valence-electron chi connectivity index (χ1n) is 9.44. The maximum Gasteiger partial charge on any atom is 0.274 e. The van der Waals surface area contributed by atoms with Gasteiger partial charge in [0.15, 0.2) is 0 Å². The summed E-state index contributed by atoms with van der Waals surface area (Å²) in [4.78, 5) is 16.9. The van der Waals surface area contributed by atoms with Gasteiger partial charge in [-0.3, -0.25) is 9.89 Å². The van der Waals surface area contributed by atoms with Crippen LogP contribution in [0, 0.1) is 18.2 Å². The molecule has 0 aliphatic carbocycles. The van der Waals surface area contributed by atoms with Crippen LogP contribution >= 0.6 is 0 Å². The number of nitrogens with zero attached hydrogens (tertiary/aromatic N) is 3. The number of likely N-dealkylation sites (tertiary alicyclic amines) is 1. The number of anilines is 1. The molecule has 3 heterocycles. The van der Waals surface area contributed by atoms with Crippen LogP contribution in [0.4, 0.5) is 10.1 Å². The first-order chi connectivity index (χ1) is 13.0. The number of hydrogen-bond acceptors (Lipinski definition) is 4. The lowest BCUT2D eigenvalue weighted by molar-refractivity contribution is 0.0133. The van der Waals surface area contributed by atoms with Crippen molar-refractivity contribution in [3.63, 3.8) is 0 Å². The van der Waals surface area contributed by atoms with E-state index in [1.54, 1.807) is 18.2 Å². The molecular formula is C20H25FN4O2. The highest BCUT2D eigenvalue weighted by molar-refractivity contribution is 5.92. The van der Waals surface area contributed by atoms with Crippen LogP contribution in [0.3, 0.4) is 0 Å². The summed E-state index contributed by atoms with van der Waals surface area (Å²) < 4.78 is 19.6. The summed E-state index contributed by atoms with van der Waals surface area (Å²) in [5.41, 5.74) is 2.05. The van der Waals surface area contributed by atoms with Gasteiger partial charge >= 0.3 is 0 Å². The number of halogens is 1. The Labute approximate surface area is 158 Å². The van der Waals surface area contributed by atoms with E-state index in [9.17, 15) is 9.18 Å². The standard InChI is InChI=1S/C20H25FN4O2/c1-15-10-18(23-22-15)19(26)25-7-3-6-20(13-25)12-24(8-9-27-14-20)17-5-2-4-16(21)11-17/h2,4-5,10-11H,3,6-9,12-14H2,1H3,(H,22,23)/t20-/m0/s1. The molecule has 4 rings (SSSR count). The second kappa shape index (κ2) is 7.31. The normalized spacial score (nSPS) is 23.5. The van der Waals surface area contributed by atoms with Gasteiger partial charge in [0.1, 0.15) is 11.5 Å². The van der Waals surface area contributed by atoms with E-state index < -0.39 is 0 Å². The fraction of sp³-hybridized carbons (Fsp3) is 0.500. The Balaban J connectivity index is 1.54. The lowest BCUT2D eigenvalue weighted by atomic mass is 9.80. The molecule has 2 aliphatic heterocycles. The number of carbonyl (C=O) groups excluding carboxylic acids is 1. The minimum Gasteiger partial charge on any atom is -0.379 e. The molecule has 0 unspecified atom stereocenters. The number of aromatic amines is 1. The second-order valence-electron chi connectivity index (χ2n) is 7.72. The van der Waals surface area contributed by atoms with E-state index in [-0.39, 0.29) is 17.1 Å². The second-order valence-corrected chi connectivity index (χ2v) is 7.72. The molecule has 1 amide bonds. The number of carbonyl (C=O) groups is 1. The van der Waals surface area contributed by atoms with E-state index in [4.69, 9.17) is 4.74 Å². The topological polar surface area (TPSA) is 61.5 Å². The smallest absolute Gasteiger partial charge is 0.274 e. The highest BCUT2D eigenvalue weighted by atomic mass is 19.1. The number of hydrogen-bond donors (Lipinski definition) is 1. The number of H-pyrrole nitrogens is 1. The summed E-state index contributed by atoms with van der Waals surface area (Å²) in [6.07, 6.45) is 1.91. The van der Waals surface area contributed by atoms with Crippen molar-refractivity contribution < 1.29 is 13.9 Å². The van der Waals surface area contributed by atoms with Gasteiger partial charge in [-0.15, -0.1) is 0 Å². The first-order valence-corrected chi connectivity index (χ1v) is 9.44. The lowest BCUT2D eigenvalue weighted by Gasteiger charge is -2.43. The fourth-order valence-corrected chi connectivity index (χ4v) is 4.20. The van der Waals surface area contributed by atoms with Crippen LogP contribution in [0.2, 0.25) is 0 Å². The molecule has 2 saturated heterocycles. The fourth-order valence-electron chi connectivity index (χ4n) is 4.20. The molecule has 2 fully saturated rings. The summed E-state index contributed by atoms with van der Waals surface area (Å²) in [6, 6.07) is 8.48. The maximum atomic E-state index is 13.7. The number of amides is 1. The Kier molecular flexibility index (Phi) is 4.86. The van der Waals surface area contributed by atoms with Gasteiger partial charge in [0.25, 0.3) is 5.91 Å². The van der Waals surface area contributed by atoms with E-state index in [1.807, 2.05) is 17.9 Å². The van der Waals surface area contributed by atoms with Crippen molar-refractivity contribution in [2.24, 2.45) is 5.41 Å². The number of rotatable bonds is 2. The number of aryl methyl sites for hydroxylation is 1. The summed E-state index contributed by atoms with van der Waals surface area (Å²) in [6.45, 7) is 5.93. The average Bonchev–Trinajstić information content (AvgIpc) is 3.00. The Morgan fingerprint density at radius 2 is 2.19 bits per heavy atom. The predicted octanol–water partition coefficient (Wildman–Crippen LogP) is 2.62. The van der Waals surface area contributed by atoms with Crippen LogP contribution in [-0.2, 0) is 4.74 Å². The van der Waals surface area contributed by atoms with E-state index in [2.05, 4.69) is 15.1 Å². The zero-order valence-electron chi connectivity index (χ0n) is 15.6. The summed E-state index contributed by atoms with van der Waals surface area (Å²) in [5, 5.41) is 6.95. The third-order valence-electron chi connectivity index (χ3n) is 5.49. The SMILES string of the molecule is Cc1cc(C(=O)N2CCC[C@@]3(COCCN(c4cccc(F)c4)C3)C2)n[nH]1. The van der Waals surface area contributed by atoms with Gasteiger partial charge in [0.05, 0.1) is 13.2 Å². The number of nitrogens with one attached hydrogen (secondary N) is 1.